The Morgan fingerprint density at radius 1 is 1.26 bits per heavy atom. The number of hydrogen-bond donors (Lipinski definition) is 0. The number of fused-ring (bicyclic) bond motifs is 1. The number of carbonyl (C=O) groups excluding carboxylic acids is 1. The molecule has 0 saturated carbocycles. The number of methoxy groups -OCH3 is 1. The van der Waals surface area contributed by atoms with Crippen molar-refractivity contribution < 1.29 is 14.1 Å². The van der Waals surface area contributed by atoms with Gasteiger partial charge in [-0.25, -0.2) is 0 Å². The normalized spacial score (nSPS) is 18.0. The minimum atomic E-state index is -0.279. The third-order valence-electron chi connectivity index (χ3n) is 5.99. The molecule has 1 atom stereocenters. The van der Waals surface area contributed by atoms with Gasteiger partial charge in [-0.3, -0.25) is 9.59 Å². The molecular weight excluding hydrogens is 420 g/mol. The molecule has 1 saturated heterocycles. The number of pyridine rings is 1. The zero-order valence-electron chi connectivity index (χ0n) is 17.2. The Balaban J connectivity index is 1.46. The molecule has 2 aromatic heterocycles. The second kappa shape index (κ2) is 7.53. The van der Waals surface area contributed by atoms with Crippen molar-refractivity contribution in [2.75, 3.05) is 18.6 Å². The lowest BCUT2D eigenvalue weighted by Crippen LogP contribution is -2.24. The number of halogens is 1. The van der Waals surface area contributed by atoms with E-state index in [-0.39, 0.29) is 29.5 Å². The summed E-state index contributed by atoms with van der Waals surface area (Å²) in [6.45, 7) is 3.18. The maximum Gasteiger partial charge on any atom is 0.232 e. The van der Waals surface area contributed by atoms with Crippen LogP contribution in [0.2, 0.25) is 5.02 Å². The van der Waals surface area contributed by atoms with Crippen LogP contribution >= 0.6 is 11.6 Å². The molecule has 0 spiro atoms. The van der Waals surface area contributed by atoms with Crippen molar-refractivity contribution in [3.8, 4) is 17.1 Å². The van der Waals surface area contributed by atoms with Crippen LogP contribution in [0.5, 0.6) is 5.75 Å². The quantitative estimate of drug-likeness (QED) is 0.618. The van der Waals surface area contributed by atoms with Crippen LogP contribution in [0.25, 0.3) is 11.4 Å². The highest BCUT2D eigenvalue weighted by Gasteiger charge is 2.37. The number of carbonyl (C=O) groups is 1. The Morgan fingerprint density at radius 3 is 2.90 bits per heavy atom. The molecule has 0 N–H and O–H groups in total. The monoisotopic (exact) mass is 440 g/mol. The van der Waals surface area contributed by atoms with Gasteiger partial charge in [-0.15, -0.1) is 0 Å². The molecule has 4 heterocycles. The lowest BCUT2D eigenvalue weighted by molar-refractivity contribution is -0.117. The highest BCUT2D eigenvalue weighted by Crippen LogP contribution is 2.38. The molecule has 8 nitrogen and oxygen atoms in total. The van der Waals surface area contributed by atoms with Crippen LogP contribution in [-0.4, -0.2) is 34.3 Å². The van der Waals surface area contributed by atoms with Crippen molar-refractivity contribution >= 4 is 23.2 Å². The van der Waals surface area contributed by atoms with Crippen molar-refractivity contribution in [2.45, 2.75) is 38.6 Å². The average Bonchev–Trinajstić information content (AvgIpc) is 3.48. The van der Waals surface area contributed by atoms with E-state index in [1.165, 1.54) is 0 Å². The Morgan fingerprint density at radius 2 is 2.10 bits per heavy atom. The molecule has 1 fully saturated rings. The van der Waals surface area contributed by atoms with Gasteiger partial charge in [0.25, 0.3) is 0 Å². The van der Waals surface area contributed by atoms with Gasteiger partial charge >= 0.3 is 0 Å². The standard InChI is InChI=1S/C22H21ClN4O4/c1-12-8-17(28)20(15-4-3-7-26(12)15)21-24-22(31-25-21)13-9-19(29)27(11-13)16-10-14(23)5-6-18(16)30-2/h5-6,8,10,13H,3-4,7,9,11H2,1-2H3. The average molecular weight is 441 g/mol. The van der Waals surface area contributed by atoms with Crippen LogP contribution in [0.3, 0.4) is 0 Å². The van der Waals surface area contributed by atoms with E-state index in [9.17, 15) is 9.59 Å². The first kappa shape index (κ1) is 19.8. The minimum absolute atomic E-state index is 0.0818. The summed E-state index contributed by atoms with van der Waals surface area (Å²) in [7, 11) is 1.55. The van der Waals surface area contributed by atoms with Gasteiger partial charge in [-0.2, -0.15) is 4.98 Å². The number of aromatic nitrogens is 3. The van der Waals surface area contributed by atoms with E-state index in [1.54, 1.807) is 36.3 Å². The van der Waals surface area contributed by atoms with Gasteiger partial charge in [-0.05, 0) is 38.0 Å². The molecule has 1 aromatic carbocycles. The second-order valence-corrected chi connectivity index (χ2v) is 8.34. The summed E-state index contributed by atoms with van der Waals surface area (Å²) in [5.74, 6) is 0.841. The second-order valence-electron chi connectivity index (χ2n) is 7.90. The fraction of sp³-hybridized carbons (Fsp3) is 0.364. The van der Waals surface area contributed by atoms with Crippen molar-refractivity contribution in [3.63, 3.8) is 0 Å². The van der Waals surface area contributed by atoms with Gasteiger partial charge < -0.3 is 18.7 Å². The van der Waals surface area contributed by atoms with E-state index < -0.39 is 0 Å². The first-order chi connectivity index (χ1) is 15.0. The SMILES string of the molecule is COc1ccc(Cl)cc1N1CC(c2nc(-c3c4n(c(C)cc3=O)CCC4)no2)CC1=O. The number of nitrogens with zero attached hydrogens (tertiary/aromatic N) is 4. The third kappa shape index (κ3) is 3.31. The Hall–Kier alpha value is -3.13. The smallest absolute Gasteiger partial charge is 0.232 e. The predicted molar refractivity (Wildman–Crippen MR) is 115 cm³/mol. The minimum Gasteiger partial charge on any atom is -0.495 e. The summed E-state index contributed by atoms with van der Waals surface area (Å²) in [6.07, 6.45) is 2.01. The maximum absolute atomic E-state index is 12.7. The van der Waals surface area contributed by atoms with Crippen molar-refractivity contribution in [2.24, 2.45) is 0 Å². The number of hydrogen-bond acceptors (Lipinski definition) is 6. The van der Waals surface area contributed by atoms with Gasteiger partial charge in [0.2, 0.25) is 17.6 Å². The molecule has 0 aliphatic carbocycles. The van der Waals surface area contributed by atoms with Crippen molar-refractivity contribution in [1.82, 2.24) is 14.7 Å². The number of benzene rings is 1. The van der Waals surface area contributed by atoms with E-state index >= 15 is 0 Å². The number of rotatable bonds is 4. The van der Waals surface area contributed by atoms with Crippen LogP contribution in [-0.2, 0) is 17.8 Å². The molecule has 2 aliphatic rings. The molecule has 5 rings (SSSR count). The van der Waals surface area contributed by atoms with Gasteiger partial charge in [0, 0.05) is 42.0 Å². The van der Waals surface area contributed by atoms with Crippen LogP contribution in [0.15, 0.2) is 33.6 Å². The summed E-state index contributed by atoms with van der Waals surface area (Å²) >= 11 is 6.13. The van der Waals surface area contributed by atoms with Crippen LogP contribution < -0.4 is 15.1 Å². The molecule has 2 aliphatic heterocycles. The molecule has 3 aromatic rings. The Labute approximate surface area is 183 Å². The van der Waals surface area contributed by atoms with E-state index in [2.05, 4.69) is 14.7 Å². The zero-order valence-corrected chi connectivity index (χ0v) is 18.0. The first-order valence-corrected chi connectivity index (χ1v) is 10.5. The van der Waals surface area contributed by atoms with E-state index in [1.807, 2.05) is 6.92 Å². The lowest BCUT2D eigenvalue weighted by Gasteiger charge is -2.19. The van der Waals surface area contributed by atoms with Crippen molar-refractivity contribution in [1.29, 1.82) is 0 Å². The van der Waals surface area contributed by atoms with Gasteiger partial charge in [0.15, 0.2) is 5.43 Å². The fourth-order valence-electron chi connectivity index (χ4n) is 4.53. The molecule has 1 unspecified atom stereocenters. The van der Waals surface area contributed by atoms with Gasteiger partial charge in [0.05, 0.1) is 24.3 Å². The molecule has 9 heteroatoms. The summed E-state index contributed by atoms with van der Waals surface area (Å²) < 4.78 is 13.0. The highest BCUT2D eigenvalue weighted by atomic mass is 35.5. The number of ether oxygens (including phenoxy) is 1. The predicted octanol–water partition coefficient (Wildman–Crippen LogP) is 3.34. The third-order valence-corrected chi connectivity index (χ3v) is 6.23. The van der Waals surface area contributed by atoms with Crippen molar-refractivity contribution in [3.05, 3.63) is 56.8 Å². The Kier molecular flexibility index (Phi) is 4.81. The summed E-state index contributed by atoms with van der Waals surface area (Å²) in [5.41, 5.74) is 2.89. The molecule has 1 amide bonds. The number of aryl methyl sites for hydroxylation is 1. The van der Waals surface area contributed by atoms with Gasteiger partial charge in [-0.1, -0.05) is 16.8 Å². The zero-order chi connectivity index (χ0) is 21.7. The summed E-state index contributed by atoms with van der Waals surface area (Å²) in [6, 6.07) is 6.77. The molecule has 0 bridgehead atoms. The van der Waals surface area contributed by atoms with E-state index in [0.29, 0.717) is 34.5 Å². The molecule has 31 heavy (non-hydrogen) atoms. The number of amides is 1. The fourth-order valence-corrected chi connectivity index (χ4v) is 4.69. The lowest BCUT2D eigenvalue weighted by atomic mass is 10.1. The summed E-state index contributed by atoms with van der Waals surface area (Å²) in [4.78, 5) is 31.6. The first-order valence-electron chi connectivity index (χ1n) is 10.2. The van der Waals surface area contributed by atoms with Crippen LogP contribution in [0, 0.1) is 6.92 Å². The topological polar surface area (TPSA) is 90.5 Å². The number of anilines is 1. The Bertz CT molecular complexity index is 1250. The molecule has 160 valence electrons. The molecular formula is C22H21ClN4O4. The summed E-state index contributed by atoms with van der Waals surface area (Å²) in [5, 5.41) is 4.61. The highest BCUT2D eigenvalue weighted by molar-refractivity contribution is 6.31. The van der Waals surface area contributed by atoms with E-state index in [0.717, 1.165) is 30.8 Å². The maximum atomic E-state index is 12.7. The largest absolute Gasteiger partial charge is 0.495 e. The molecule has 0 radical (unpaired) electrons. The van der Waals surface area contributed by atoms with E-state index in [4.69, 9.17) is 20.9 Å². The van der Waals surface area contributed by atoms with Gasteiger partial charge in [0.1, 0.15) is 5.75 Å². The van der Waals surface area contributed by atoms with Crippen LogP contribution in [0.4, 0.5) is 5.69 Å². The van der Waals surface area contributed by atoms with Crippen LogP contribution in [0.1, 0.15) is 36.0 Å².